The molecular formula is C24H29FO6. The van der Waals surface area contributed by atoms with Crippen LogP contribution >= 0.6 is 0 Å². The van der Waals surface area contributed by atoms with Crippen molar-refractivity contribution in [3.63, 3.8) is 0 Å². The first-order valence-electron chi connectivity index (χ1n) is 10.0. The van der Waals surface area contributed by atoms with E-state index in [4.69, 9.17) is 14.6 Å². The lowest BCUT2D eigenvalue weighted by atomic mass is 9.87. The number of hydrogen-bond acceptors (Lipinski definition) is 5. The number of carbonyl (C=O) groups excluding carboxylic acids is 1. The van der Waals surface area contributed by atoms with Crippen LogP contribution in [0.3, 0.4) is 0 Å². The molecular weight excluding hydrogens is 403 g/mol. The molecule has 0 aliphatic carbocycles. The molecule has 0 aliphatic heterocycles. The van der Waals surface area contributed by atoms with Gasteiger partial charge in [0.25, 0.3) is 0 Å². The number of carboxylic acids is 1. The molecule has 0 aliphatic rings. The Balaban J connectivity index is 1.99. The van der Waals surface area contributed by atoms with E-state index in [0.717, 1.165) is 12.1 Å². The minimum Gasteiger partial charge on any atom is -0.507 e. The Bertz CT molecular complexity index is 961. The molecule has 0 heterocycles. The molecule has 1 atom stereocenters. The van der Waals surface area contributed by atoms with Crippen LogP contribution in [-0.4, -0.2) is 35.2 Å². The summed E-state index contributed by atoms with van der Waals surface area (Å²) in [5.74, 6) is -1.89. The average Bonchev–Trinajstić information content (AvgIpc) is 2.66. The molecule has 2 aromatic carbocycles. The van der Waals surface area contributed by atoms with Crippen LogP contribution in [0.5, 0.6) is 17.2 Å². The molecule has 31 heavy (non-hydrogen) atoms. The zero-order valence-corrected chi connectivity index (χ0v) is 18.5. The third-order valence-electron chi connectivity index (χ3n) is 4.60. The number of benzene rings is 2. The number of Topliss-reactive ketones (excluding diaryl/α,β-unsaturated/α-hetero) is 1. The molecule has 7 heteroatoms. The smallest absolute Gasteiger partial charge is 0.335 e. The number of ether oxygens (including phenoxy) is 2. The largest absolute Gasteiger partial charge is 0.507 e. The van der Waals surface area contributed by atoms with Gasteiger partial charge in [-0.15, -0.1) is 0 Å². The molecule has 2 N–H and O–H groups in total. The van der Waals surface area contributed by atoms with E-state index in [0.29, 0.717) is 17.7 Å². The summed E-state index contributed by atoms with van der Waals surface area (Å²) >= 11 is 0. The molecule has 6 nitrogen and oxygen atoms in total. The van der Waals surface area contributed by atoms with Crippen LogP contribution in [0, 0.1) is 24.1 Å². The molecule has 0 saturated carbocycles. The summed E-state index contributed by atoms with van der Waals surface area (Å²) in [6.45, 7) is 9.70. The molecule has 0 bridgehead atoms. The molecule has 0 aromatic heterocycles. The van der Waals surface area contributed by atoms with Crippen LogP contribution in [0.15, 0.2) is 30.3 Å². The topological polar surface area (TPSA) is 93.1 Å². The number of ketones is 1. The first-order chi connectivity index (χ1) is 14.4. The van der Waals surface area contributed by atoms with Gasteiger partial charge in [-0.1, -0.05) is 27.7 Å². The quantitative estimate of drug-likeness (QED) is 0.526. The second kappa shape index (κ2) is 9.81. The fourth-order valence-electron chi connectivity index (χ4n) is 2.90. The van der Waals surface area contributed by atoms with Gasteiger partial charge in [0.15, 0.2) is 17.3 Å². The first kappa shape index (κ1) is 24.2. The minimum atomic E-state index is -1.17. The van der Waals surface area contributed by atoms with Crippen LogP contribution in [0.25, 0.3) is 0 Å². The monoisotopic (exact) mass is 432 g/mol. The van der Waals surface area contributed by atoms with Gasteiger partial charge in [0.2, 0.25) is 0 Å². The van der Waals surface area contributed by atoms with Gasteiger partial charge in [-0.25, -0.2) is 9.18 Å². The number of aromatic hydroxyl groups is 1. The van der Waals surface area contributed by atoms with E-state index in [2.05, 4.69) is 0 Å². The molecule has 0 radical (unpaired) electrons. The zero-order valence-electron chi connectivity index (χ0n) is 18.5. The lowest BCUT2D eigenvalue weighted by molar-refractivity contribution is 0.0695. The molecule has 0 spiro atoms. The van der Waals surface area contributed by atoms with Gasteiger partial charge < -0.3 is 19.7 Å². The lowest BCUT2D eigenvalue weighted by Crippen LogP contribution is -2.18. The summed E-state index contributed by atoms with van der Waals surface area (Å²) in [6, 6.07) is 6.56. The highest BCUT2D eigenvalue weighted by Gasteiger charge is 2.22. The van der Waals surface area contributed by atoms with Gasteiger partial charge in [-0.2, -0.15) is 0 Å². The highest BCUT2D eigenvalue weighted by Crippen LogP contribution is 2.33. The fraction of sp³-hybridized carbons (Fsp3) is 0.417. The molecule has 168 valence electrons. The summed E-state index contributed by atoms with van der Waals surface area (Å²) < 4.78 is 25.0. The molecule has 0 amide bonds. The molecule has 0 unspecified atom stereocenters. The van der Waals surface area contributed by atoms with E-state index < -0.39 is 11.8 Å². The predicted octanol–water partition coefficient (Wildman–Crippen LogP) is 5.25. The summed E-state index contributed by atoms with van der Waals surface area (Å²) in [5, 5.41) is 19.5. The summed E-state index contributed by atoms with van der Waals surface area (Å²) in [7, 11) is 0. The van der Waals surface area contributed by atoms with Crippen LogP contribution in [-0.2, 0) is 0 Å². The number of phenolic OH excluding ortho intramolecular Hbond substituents is 1. The van der Waals surface area contributed by atoms with Crippen molar-refractivity contribution < 1.29 is 33.7 Å². The molecule has 2 aromatic rings. The zero-order chi connectivity index (χ0) is 23.3. The number of carboxylic acid groups (broad SMARTS) is 1. The van der Waals surface area contributed by atoms with E-state index in [1.807, 2.05) is 27.7 Å². The van der Waals surface area contributed by atoms with Gasteiger partial charge in [0.1, 0.15) is 11.5 Å². The maximum atomic E-state index is 13.8. The van der Waals surface area contributed by atoms with Crippen molar-refractivity contribution in [2.45, 2.75) is 41.0 Å². The maximum absolute atomic E-state index is 13.8. The van der Waals surface area contributed by atoms with Crippen molar-refractivity contribution in [3.8, 4) is 17.2 Å². The van der Waals surface area contributed by atoms with Gasteiger partial charge in [-0.05, 0) is 42.7 Å². The second-order valence-corrected chi connectivity index (χ2v) is 8.92. The van der Waals surface area contributed by atoms with Crippen molar-refractivity contribution in [2.24, 2.45) is 11.3 Å². The van der Waals surface area contributed by atoms with Gasteiger partial charge in [0.05, 0.1) is 24.3 Å². The van der Waals surface area contributed by atoms with Crippen molar-refractivity contribution >= 4 is 11.8 Å². The average molecular weight is 432 g/mol. The van der Waals surface area contributed by atoms with Crippen LogP contribution in [0.4, 0.5) is 4.39 Å². The minimum absolute atomic E-state index is 0.0625. The molecule has 0 saturated heterocycles. The Hall–Kier alpha value is -3.09. The van der Waals surface area contributed by atoms with Crippen LogP contribution < -0.4 is 9.47 Å². The summed E-state index contributed by atoms with van der Waals surface area (Å²) in [5.41, 5.74) is 0.483. The third kappa shape index (κ3) is 6.70. The third-order valence-corrected chi connectivity index (χ3v) is 4.60. The van der Waals surface area contributed by atoms with Gasteiger partial charge >= 0.3 is 5.97 Å². The van der Waals surface area contributed by atoms with Gasteiger partial charge in [0, 0.05) is 17.9 Å². The Kier molecular flexibility index (Phi) is 7.65. The van der Waals surface area contributed by atoms with Gasteiger partial charge in [-0.3, -0.25) is 4.79 Å². The number of halogens is 1. The maximum Gasteiger partial charge on any atom is 0.335 e. The standard InChI is InChI=1S/C24H29FO6/c1-14(13-31-21-10-16(23(28)29)6-8-18(21)25)12-30-20-9-7-17(22(27)15(20)2)19(26)11-24(3,4)5/h6-10,14,27H,11-13H2,1-5H3,(H,28,29)/t14-/m1/s1. The van der Waals surface area contributed by atoms with E-state index in [9.17, 15) is 19.1 Å². The van der Waals surface area contributed by atoms with E-state index >= 15 is 0 Å². The summed E-state index contributed by atoms with van der Waals surface area (Å²) in [6.07, 6.45) is 0.314. The van der Waals surface area contributed by atoms with Crippen molar-refractivity contribution in [1.29, 1.82) is 0 Å². The normalized spacial score (nSPS) is 12.3. The fourth-order valence-corrected chi connectivity index (χ4v) is 2.90. The highest BCUT2D eigenvalue weighted by molar-refractivity contribution is 5.99. The van der Waals surface area contributed by atoms with E-state index in [1.54, 1.807) is 19.1 Å². The number of carbonyl (C=O) groups is 2. The SMILES string of the molecule is Cc1c(OC[C@@H](C)COc2cc(C(=O)O)ccc2F)ccc(C(=O)CC(C)(C)C)c1O. The second-order valence-electron chi connectivity index (χ2n) is 8.92. The lowest BCUT2D eigenvalue weighted by Gasteiger charge is -2.19. The Morgan fingerprint density at radius 2 is 1.68 bits per heavy atom. The number of phenols is 1. The molecule has 2 rings (SSSR count). The predicted molar refractivity (Wildman–Crippen MR) is 115 cm³/mol. The van der Waals surface area contributed by atoms with Crippen molar-refractivity contribution in [1.82, 2.24) is 0 Å². The molecule has 0 fully saturated rings. The van der Waals surface area contributed by atoms with Crippen molar-refractivity contribution in [2.75, 3.05) is 13.2 Å². The Morgan fingerprint density at radius 3 is 2.26 bits per heavy atom. The van der Waals surface area contributed by atoms with E-state index in [1.165, 1.54) is 6.07 Å². The number of hydrogen-bond donors (Lipinski definition) is 2. The highest BCUT2D eigenvalue weighted by atomic mass is 19.1. The number of rotatable bonds is 9. The van der Waals surface area contributed by atoms with Crippen molar-refractivity contribution in [3.05, 3.63) is 52.8 Å². The number of aromatic carboxylic acids is 1. The Morgan fingerprint density at radius 1 is 1.06 bits per heavy atom. The first-order valence-corrected chi connectivity index (χ1v) is 10.0. The summed E-state index contributed by atoms with van der Waals surface area (Å²) in [4.78, 5) is 23.5. The van der Waals surface area contributed by atoms with Crippen LogP contribution in [0.2, 0.25) is 0 Å². The Labute approximate surface area is 181 Å². The van der Waals surface area contributed by atoms with Crippen LogP contribution in [0.1, 0.15) is 60.4 Å². The van der Waals surface area contributed by atoms with E-state index in [-0.39, 0.29) is 53.0 Å².